The Labute approximate surface area is 190 Å². The summed E-state index contributed by atoms with van der Waals surface area (Å²) < 4.78 is 18.9. The van der Waals surface area contributed by atoms with Gasteiger partial charge in [0, 0.05) is 11.1 Å². The Bertz CT molecular complexity index is 1110. The van der Waals surface area contributed by atoms with Crippen molar-refractivity contribution in [2.45, 2.75) is 52.7 Å². The van der Waals surface area contributed by atoms with Gasteiger partial charge in [0.1, 0.15) is 35.7 Å². The standard InChI is InChI=1S/C28H30O4/c1-18-19(2)27-25(20(3)26(18)31-16-22-9-7-6-8-10-22)24(28(4,5)32-27)17-30-23-13-11-21(15-29)12-14-23/h6-15,24H,16-17H2,1-5H3. The quantitative estimate of drug-likeness (QED) is 0.411. The smallest absolute Gasteiger partial charge is 0.150 e. The molecule has 4 nitrogen and oxygen atoms in total. The summed E-state index contributed by atoms with van der Waals surface area (Å²) in [7, 11) is 0. The van der Waals surface area contributed by atoms with Gasteiger partial charge in [-0.25, -0.2) is 0 Å². The molecule has 4 heteroatoms. The van der Waals surface area contributed by atoms with Crippen LogP contribution in [0.15, 0.2) is 54.6 Å². The molecule has 0 saturated carbocycles. The van der Waals surface area contributed by atoms with E-state index in [4.69, 9.17) is 14.2 Å². The van der Waals surface area contributed by atoms with E-state index in [1.54, 1.807) is 12.1 Å². The van der Waals surface area contributed by atoms with Crippen molar-refractivity contribution in [2.75, 3.05) is 6.61 Å². The highest BCUT2D eigenvalue weighted by molar-refractivity contribution is 5.74. The number of aldehydes is 1. The molecule has 1 atom stereocenters. The van der Waals surface area contributed by atoms with Crippen LogP contribution in [0.25, 0.3) is 0 Å². The van der Waals surface area contributed by atoms with E-state index in [1.807, 2.05) is 30.3 Å². The summed E-state index contributed by atoms with van der Waals surface area (Å²) in [6.07, 6.45) is 0.833. The first-order chi connectivity index (χ1) is 15.3. The predicted octanol–water partition coefficient (Wildman–Crippen LogP) is 6.34. The van der Waals surface area contributed by atoms with Crippen LogP contribution in [0.5, 0.6) is 17.2 Å². The Kier molecular flexibility index (Phi) is 5.96. The third-order valence-electron chi connectivity index (χ3n) is 6.44. The summed E-state index contributed by atoms with van der Waals surface area (Å²) in [6, 6.07) is 17.4. The molecule has 1 aliphatic rings. The van der Waals surface area contributed by atoms with Crippen molar-refractivity contribution >= 4 is 6.29 Å². The molecule has 0 amide bonds. The maximum Gasteiger partial charge on any atom is 0.150 e. The fraction of sp³-hybridized carbons (Fsp3) is 0.321. The second-order valence-electron chi connectivity index (χ2n) is 8.98. The van der Waals surface area contributed by atoms with Crippen LogP contribution in [-0.2, 0) is 6.61 Å². The molecule has 3 aromatic rings. The Morgan fingerprint density at radius 3 is 2.25 bits per heavy atom. The Morgan fingerprint density at radius 2 is 1.59 bits per heavy atom. The summed E-state index contributed by atoms with van der Waals surface area (Å²) in [4.78, 5) is 10.9. The number of carbonyl (C=O) groups is 1. The van der Waals surface area contributed by atoms with Crippen LogP contribution in [0.4, 0.5) is 0 Å². The lowest BCUT2D eigenvalue weighted by atomic mass is 9.83. The van der Waals surface area contributed by atoms with E-state index in [0.29, 0.717) is 18.8 Å². The predicted molar refractivity (Wildman–Crippen MR) is 126 cm³/mol. The maximum atomic E-state index is 10.9. The van der Waals surface area contributed by atoms with E-state index in [0.717, 1.165) is 51.4 Å². The first kappa shape index (κ1) is 21.9. The molecule has 0 N–H and O–H groups in total. The fourth-order valence-electron chi connectivity index (χ4n) is 4.40. The molecule has 0 radical (unpaired) electrons. The molecule has 1 heterocycles. The van der Waals surface area contributed by atoms with Crippen LogP contribution >= 0.6 is 0 Å². The van der Waals surface area contributed by atoms with E-state index in [2.05, 4.69) is 46.8 Å². The molecular weight excluding hydrogens is 400 g/mol. The van der Waals surface area contributed by atoms with Crippen LogP contribution in [0, 0.1) is 20.8 Å². The lowest BCUT2D eigenvalue weighted by Crippen LogP contribution is -2.34. The van der Waals surface area contributed by atoms with Crippen LogP contribution in [0.3, 0.4) is 0 Å². The first-order valence-electron chi connectivity index (χ1n) is 11.0. The second kappa shape index (κ2) is 8.70. The van der Waals surface area contributed by atoms with Crippen LogP contribution in [-0.4, -0.2) is 18.5 Å². The molecule has 0 bridgehead atoms. The normalized spacial score (nSPS) is 16.2. The molecule has 4 rings (SSSR count). The van der Waals surface area contributed by atoms with Crippen molar-refractivity contribution in [1.29, 1.82) is 0 Å². The monoisotopic (exact) mass is 430 g/mol. The highest BCUT2D eigenvalue weighted by Crippen LogP contribution is 2.51. The largest absolute Gasteiger partial charge is 0.493 e. The third kappa shape index (κ3) is 4.10. The topological polar surface area (TPSA) is 44.8 Å². The number of fused-ring (bicyclic) bond motifs is 1. The number of benzene rings is 3. The van der Waals surface area contributed by atoms with E-state index in [9.17, 15) is 4.79 Å². The number of ether oxygens (including phenoxy) is 3. The highest BCUT2D eigenvalue weighted by atomic mass is 16.5. The van der Waals surface area contributed by atoms with Crippen molar-refractivity contribution in [1.82, 2.24) is 0 Å². The molecule has 32 heavy (non-hydrogen) atoms. The summed E-state index contributed by atoms with van der Waals surface area (Å²) >= 11 is 0. The molecule has 3 aromatic carbocycles. The zero-order valence-corrected chi connectivity index (χ0v) is 19.4. The Morgan fingerprint density at radius 1 is 0.906 bits per heavy atom. The van der Waals surface area contributed by atoms with Gasteiger partial charge in [-0.05, 0) is 81.1 Å². The van der Waals surface area contributed by atoms with Crippen LogP contribution < -0.4 is 14.2 Å². The van der Waals surface area contributed by atoms with Crippen LogP contribution in [0.1, 0.15) is 57.9 Å². The number of rotatable bonds is 7. The minimum Gasteiger partial charge on any atom is -0.493 e. The molecule has 0 fully saturated rings. The lowest BCUT2D eigenvalue weighted by Gasteiger charge is -2.27. The molecule has 1 unspecified atom stereocenters. The zero-order valence-electron chi connectivity index (χ0n) is 19.4. The van der Waals surface area contributed by atoms with E-state index >= 15 is 0 Å². The average Bonchev–Trinajstić information content (AvgIpc) is 3.07. The van der Waals surface area contributed by atoms with Gasteiger partial charge in [-0.1, -0.05) is 30.3 Å². The molecule has 0 aliphatic carbocycles. The summed E-state index contributed by atoms with van der Waals surface area (Å²) in [5.74, 6) is 2.65. The van der Waals surface area contributed by atoms with Crippen molar-refractivity contribution in [3.05, 3.63) is 88.0 Å². The average molecular weight is 431 g/mol. The van der Waals surface area contributed by atoms with Gasteiger partial charge in [-0.2, -0.15) is 0 Å². The number of carbonyl (C=O) groups excluding carboxylic acids is 1. The molecule has 1 aliphatic heterocycles. The van der Waals surface area contributed by atoms with Gasteiger partial charge in [0.25, 0.3) is 0 Å². The summed E-state index contributed by atoms with van der Waals surface area (Å²) in [5, 5.41) is 0. The Balaban J connectivity index is 1.64. The van der Waals surface area contributed by atoms with Gasteiger partial charge in [0.15, 0.2) is 0 Å². The fourth-order valence-corrected chi connectivity index (χ4v) is 4.40. The second-order valence-corrected chi connectivity index (χ2v) is 8.98. The van der Waals surface area contributed by atoms with Crippen molar-refractivity contribution < 1.29 is 19.0 Å². The van der Waals surface area contributed by atoms with Gasteiger partial charge in [-0.15, -0.1) is 0 Å². The van der Waals surface area contributed by atoms with Crippen molar-refractivity contribution in [3.63, 3.8) is 0 Å². The van der Waals surface area contributed by atoms with E-state index < -0.39 is 5.60 Å². The van der Waals surface area contributed by atoms with Gasteiger partial charge in [-0.3, -0.25) is 4.79 Å². The van der Waals surface area contributed by atoms with Crippen molar-refractivity contribution in [2.24, 2.45) is 0 Å². The molecule has 0 saturated heterocycles. The molecular formula is C28H30O4. The minimum atomic E-state index is -0.412. The first-order valence-corrected chi connectivity index (χ1v) is 11.0. The van der Waals surface area contributed by atoms with Crippen LogP contribution in [0.2, 0.25) is 0 Å². The zero-order chi connectivity index (χ0) is 22.9. The van der Waals surface area contributed by atoms with Gasteiger partial charge in [0.05, 0.1) is 12.5 Å². The van der Waals surface area contributed by atoms with Gasteiger partial charge >= 0.3 is 0 Å². The summed E-state index contributed by atoms with van der Waals surface area (Å²) in [6.45, 7) is 11.5. The number of hydrogen-bond donors (Lipinski definition) is 0. The minimum absolute atomic E-state index is 0.0432. The molecule has 0 aromatic heterocycles. The van der Waals surface area contributed by atoms with E-state index in [-0.39, 0.29) is 5.92 Å². The maximum absolute atomic E-state index is 10.9. The highest BCUT2D eigenvalue weighted by Gasteiger charge is 2.44. The van der Waals surface area contributed by atoms with Gasteiger partial charge < -0.3 is 14.2 Å². The molecule has 166 valence electrons. The number of hydrogen-bond acceptors (Lipinski definition) is 4. The SMILES string of the molecule is Cc1c(C)c2c(c(C)c1OCc1ccccc1)C(COc1ccc(C=O)cc1)C(C)(C)O2. The van der Waals surface area contributed by atoms with E-state index in [1.165, 1.54) is 0 Å². The third-order valence-corrected chi connectivity index (χ3v) is 6.44. The van der Waals surface area contributed by atoms with Crippen molar-refractivity contribution in [3.8, 4) is 17.2 Å². The lowest BCUT2D eigenvalue weighted by molar-refractivity contribution is 0.0862. The summed E-state index contributed by atoms with van der Waals surface area (Å²) in [5.41, 5.74) is 5.85. The Hall–Kier alpha value is -3.27. The molecule has 0 spiro atoms. The van der Waals surface area contributed by atoms with Gasteiger partial charge in [0.2, 0.25) is 0 Å².